The highest BCUT2D eigenvalue weighted by Crippen LogP contribution is 2.43. The van der Waals surface area contributed by atoms with Crippen LogP contribution in [0.3, 0.4) is 0 Å². The molecular formula is C20H31IN2OSSi. The van der Waals surface area contributed by atoms with Crippen LogP contribution >= 0.6 is 33.9 Å². The summed E-state index contributed by atoms with van der Waals surface area (Å²) in [5.41, 5.74) is 0. The Kier molecular flexibility index (Phi) is 6.36. The zero-order chi connectivity index (χ0) is 18.9. The molecule has 2 aromatic rings. The summed E-state index contributed by atoms with van der Waals surface area (Å²) >= 11 is 4.36. The Morgan fingerprint density at radius 1 is 1.27 bits per heavy atom. The van der Waals surface area contributed by atoms with E-state index in [2.05, 4.69) is 83.7 Å². The molecule has 1 aliphatic carbocycles. The van der Waals surface area contributed by atoms with E-state index in [0.717, 1.165) is 0 Å². The summed E-state index contributed by atoms with van der Waals surface area (Å²) in [7, 11) is -1.67. The molecule has 0 aliphatic heterocycles. The van der Waals surface area contributed by atoms with E-state index in [-0.39, 0.29) is 5.04 Å². The first-order chi connectivity index (χ1) is 12.2. The first kappa shape index (κ1) is 20.5. The van der Waals surface area contributed by atoms with Gasteiger partial charge in [0.05, 0.1) is 12.4 Å². The Labute approximate surface area is 176 Å². The lowest BCUT2D eigenvalue weighted by atomic mass is 9.82. The predicted octanol–water partition coefficient (Wildman–Crippen LogP) is 6.72. The average molecular weight is 503 g/mol. The monoisotopic (exact) mass is 502 g/mol. The van der Waals surface area contributed by atoms with Crippen molar-refractivity contribution in [2.24, 2.45) is 5.92 Å². The number of aromatic nitrogens is 2. The molecule has 0 radical (unpaired) electrons. The van der Waals surface area contributed by atoms with Gasteiger partial charge in [-0.1, -0.05) is 20.8 Å². The molecule has 6 heteroatoms. The zero-order valence-corrected chi connectivity index (χ0v) is 20.5. The summed E-state index contributed by atoms with van der Waals surface area (Å²) in [6.45, 7) is 11.7. The van der Waals surface area contributed by atoms with Crippen LogP contribution in [0.1, 0.15) is 57.4 Å². The molecule has 0 aromatic carbocycles. The van der Waals surface area contributed by atoms with Crippen LogP contribution in [-0.2, 0) is 4.43 Å². The number of imidazole rings is 1. The third-order valence-electron chi connectivity index (χ3n) is 6.19. The van der Waals surface area contributed by atoms with E-state index < -0.39 is 8.32 Å². The summed E-state index contributed by atoms with van der Waals surface area (Å²) in [6, 6.07) is 2.65. The average Bonchev–Trinajstić information content (AvgIpc) is 3.21. The number of hydrogen-bond acceptors (Lipinski definition) is 3. The molecule has 0 N–H and O–H groups in total. The molecule has 0 saturated heterocycles. The highest BCUT2D eigenvalue weighted by molar-refractivity contribution is 14.1. The fraction of sp³-hybridized carbons (Fsp3) is 0.650. The molecule has 2 heterocycles. The van der Waals surface area contributed by atoms with Crippen LogP contribution in [0.2, 0.25) is 18.1 Å². The van der Waals surface area contributed by atoms with Crippen molar-refractivity contribution in [2.45, 2.75) is 76.7 Å². The number of nitrogens with zero attached hydrogens (tertiary/aromatic N) is 2. The highest BCUT2D eigenvalue weighted by Gasteiger charge is 2.40. The predicted molar refractivity (Wildman–Crippen MR) is 121 cm³/mol. The van der Waals surface area contributed by atoms with E-state index in [1.807, 2.05) is 23.9 Å². The Balaban J connectivity index is 1.70. The van der Waals surface area contributed by atoms with E-state index in [1.54, 1.807) is 0 Å². The Morgan fingerprint density at radius 2 is 1.96 bits per heavy atom. The Morgan fingerprint density at radius 3 is 2.46 bits per heavy atom. The highest BCUT2D eigenvalue weighted by atomic mass is 127. The summed E-state index contributed by atoms with van der Waals surface area (Å²) < 4.78 is 10.4. The quantitative estimate of drug-likeness (QED) is 0.335. The lowest BCUT2D eigenvalue weighted by Gasteiger charge is -2.42. The van der Waals surface area contributed by atoms with Gasteiger partial charge in [0.1, 0.15) is 0 Å². The molecule has 144 valence electrons. The third-order valence-corrected chi connectivity index (χ3v) is 13.0. The van der Waals surface area contributed by atoms with Crippen LogP contribution in [0.4, 0.5) is 0 Å². The van der Waals surface area contributed by atoms with Gasteiger partial charge in [0.15, 0.2) is 8.32 Å². The van der Waals surface area contributed by atoms with Crippen molar-refractivity contribution in [3.8, 4) is 0 Å². The largest absolute Gasteiger partial charge is 0.414 e. The second kappa shape index (κ2) is 8.05. The van der Waals surface area contributed by atoms with Crippen LogP contribution in [0.25, 0.3) is 0 Å². The zero-order valence-electron chi connectivity index (χ0n) is 16.5. The number of hydrogen-bond donors (Lipinski definition) is 0. The fourth-order valence-electron chi connectivity index (χ4n) is 3.66. The van der Waals surface area contributed by atoms with Crippen LogP contribution in [0.15, 0.2) is 30.2 Å². The van der Waals surface area contributed by atoms with Crippen molar-refractivity contribution in [1.29, 1.82) is 0 Å². The molecule has 26 heavy (non-hydrogen) atoms. The maximum Gasteiger partial charge on any atom is 0.192 e. The van der Waals surface area contributed by atoms with Gasteiger partial charge in [0, 0.05) is 26.9 Å². The Bertz CT molecular complexity index is 700. The minimum absolute atomic E-state index is 0.288. The molecule has 2 aromatic heterocycles. The van der Waals surface area contributed by atoms with Crippen molar-refractivity contribution in [2.75, 3.05) is 0 Å². The lowest BCUT2D eigenvalue weighted by molar-refractivity contribution is 0.106. The second-order valence-electron chi connectivity index (χ2n) is 9.00. The van der Waals surface area contributed by atoms with Crippen LogP contribution < -0.4 is 0 Å². The van der Waals surface area contributed by atoms with Crippen molar-refractivity contribution >= 4 is 42.2 Å². The maximum atomic E-state index is 6.70. The minimum Gasteiger partial charge on any atom is -0.414 e. The maximum absolute atomic E-state index is 6.70. The smallest absolute Gasteiger partial charge is 0.192 e. The number of halogens is 1. The standard InChI is InChI=1S/C20H31IN2OSSi/c1-20(2,3)26(4,5)24-16-8-6-15(7-9-16)18(23-12-11-22-14-23)19-17(21)10-13-25-19/h10-16,18H,6-9H2,1-5H3. The molecule has 0 amide bonds. The minimum atomic E-state index is -1.67. The lowest BCUT2D eigenvalue weighted by Crippen LogP contribution is -2.45. The van der Waals surface area contributed by atoms with Gasteiger partial charge in [-0.25, -0.2) is 4.98 Å². The van der Waals surface area contributed by atoms with E-state index in [9.17, 15) is 0 Å². The van der Waals surface area contributed by atoms with Gasteiger partial charge in [0.2, 0.25) is 0 Å². The van der Waals surface area contributed by atoms with Gasteiger partial charge in [-0.3, -0.25) is 0 Å². The number of rotatable bonds is 5. The SMILES string of the molecule is CC(C)(C)[Si](C)(C)OC1CCC(C(c2sccc2I)n2ccnc2)CC1. The summed E-state index contributed by atoms with van der Waals surface area (Å²) in [6.07, 6.45) is 11.3. The summed E-state index contributed by atoms with van der Waals surface area (Å²) in [5.74, 6) is 0.663. The molecule has 3 nitrogen and oxygen atoms in total. The van der Waals surface area contributed by atoms with Gasteiger partial charge in [-0.2, -0.15) is 0 Å². The van der Waals surface area contributed by atoms with Gasteiger partial charge in [-0.05, 0) is 83.8 Å². The molecule has 3 rings (SSSR count). The summed E-state index contributed by atoms with van der Waals surface area (Å²) in [4.78, 5) is 5.80. The van der Waals surface area contributed by atoms with E-state index in [0.29, 0.717) is 18.1 Å². The van der Waals surface area contributed by atoms with E-state index >= 15 is 0 Å². The summed E-state index contributed by atoms with van der Waals surface area (Å²) in [5, 5.41) is 2.50. The molecule has 1 atom stereocenters. The van der Waals surface area contributed by atoms with Crippen molar-refractivity contribution in [3.05, 3.63) is 38.6 Å². The van der Waals surface area contributed by atoms with Crippen molar-refractivity contribution in [1.82, 2.24) is 9.55 Å². The van der Waals surface area contributed by atoms with Gasteiger partial charge in [-0.15, -0.1) is 11.3 Å². The molecule has 1 fully saturated rings. The van der Waals surface area contributed by atoms with Crippen LogP contribution in [0.5, 0.6) is 0 Å². The molecule has 1 aliphatic rings. The van der Waals surface area contributed by atoms with E-state index in [1.165, 1.54) is 34.1 Å². The van der Waals surface area contributed by atoms with Crippen molar-refractivity contribution < 1.29 is 4.43 Å². The molecule has 1 unspecified atom stereocenters. The number of thiophene rings is 1. The van der Waals surface area contributed by atoms with Gasteiger partial charge >= 0.3 is 0 Å². The molecule has 1 saturated carbocycles. The Hall–Kier alpha value is -0.183. The molecule has 0 bridgehead atoms. The third kappa shape index (κ3) is 4.44. The van der Waals surface area contributed by atoms with E-state index in [4.69, 9.17) is 4.43 Å². The second-order valence-corrected chi connectivity index (χ2v) is 15.9. The fourth-order valence-corrected chi connectivity index (χ4v) is 7.19. The van der Waals surface area contributed by atoms with Crippen LogP contribution in [0, 0.1) is 9.49 Å². The first-order valence-electron chi connectivity index (χ1n) is 9.57. The molecular weight excluding hydrogens is 471 g/mol. The van der Waals surface area contributed by atoms with Gasteiger partial charge < -0.3 is 8.99 Å². The van der Waals surface area contributed by atoms with Gasteiger partial charge in [0.25, 0.3) is 0 Å². The first-order valence-corrected chi connectivity index (χ1v) is 14.4. The topological polar surface area (TPSA) is 27.1 Å². The van der Waals surface area contributed by atoms with Crippen LogP contribution in [-0.4, -0.2) is 24.0 Å². The molecule has 0 spiro atoms. The normalized spacial score (nSPS) is 23.2. The van der Waals surface area contributed by atoms with Crippen molar-refractivity contribution in [3.63, 3.8) is 0 Å².